The van der Waals surface area contributed by atoms with Gasteiger partial charge in [-0.25, -0.2) is 4.79 Å². The number of methoxy groups -OCH3 is 2. The molecule has 7 nitrogen and oxygen atoms in total. The number of benzene rings is 1. The zero-order chi connectivity index (χ0) is 24.5. The Balaban J connectivity index is 2.44. The summed E-state index contributed by atoms with van der Waals surface area (Å²) in [6.45, 7) is 7.75. The lowest BCUT2D eigenvalue weighted by Crippen LogP contribution is -2.45. The van der Waals surface area contributed by atoms with Crippen LogP contribution in [0, 0.1) is 0 Å². The van der Waals surface area contributed by atoms with Crippen LogP contribution < -0.4 is 9.47 Å². The normalized spacial score (nSPS) is 12.1. The maximum Gasteiger partial charge on any atom is 0.500 e. The third-order valence-electron chi connectivity index (χ3n) is 5.30. The molecule has 188 valence electrons. The van der Waals surface area contributed by atoms with Crippen molar-refractivity contribution in [3.05, 3.63) is 29.3 Å². The standard InChI is InChI=1S/C25H42O7Si/c1-6-30-33(31-7-2,32-8-3)18-14-12-10-9-11-13-15-22(25(26)27)19-21-16-17-23(28-4)24(20-21)29-5/h16-17,19-20H,6-15,18H2,1-5H3,(H,26,27)/b22-19+. The Labute approximate surface area is 200 Å². The predicted molar refractivity (Wildman–Crippen MR) is 133 cm³/mol. The molecule has 0 saturated heterocycles. The molecule has 0 spiro atoms. The molecule has 1 N–H and O–H groups in total. The van der Waals surface area contributed by atoms with Gasteiger partial charge in [0.1, 0.15) is 0 Å². The van der Waals surface area contributed by atoms with Gasteiger partial charge in [0, 0.05) is 31.4 Å². The second-order valence-corrected chi connectivity index (χ2v) is 10.4. The van der Waals surface area contributed by atoms with Crippen molar-refractivity contribution in [2.75, 3.05) is 34.0 Å². The van der Waals surface area contributed by atoms with E-state index in [0.717, 1.165) is 50.1 Å². The summed E-state index contributed by atoms with van der Waals surface area (Å²) in [5.74, 6) is 0.324. The summed E-state index contributed by atoms with van der Waals surface area (Å²) in [6.07, 6.45) is 8.40. The first-order valence-corrected chi connectivity index (χ1v) is 14.0. The molecule has 0 aromatic heterocycles. The first-order chi connectivity index (χ1) is 15.9. The van der Waals surface area contributed by atoms with Gasteiger partial charge < -0.3 is 27.9 Å². The van der Waals surface area contributed by atoms with Gasteiger partial charge in [-0.05, 0) is 63.8 Å². The average Bonchev–Trinajstić information content (AvgIpc) is 2.80. The van der Waals surface area contributed by atoms with Crippen LogP contribution in [0.5, 0.6) is 11.5 Å². The zero-order valence-corrected chi connectivity index (χ0v) is 22.0. The number of unbranched alkanes of at least 4 members (excludes halogenated alkanes) is 5. The molecular weight excluding hydrogens is 440 g/mol. The number of aliphatic carboxylic acids is 1. The Morgan fingerprint density at radius 2 is 1.39 bits per heavy atom. The highest BCUT2D eigenvalue weighted by atomic mass is 28.4. The third kappa shape index (κ3) is 10.7. The Kier molecular flexibility index (Phi) is 14.8. The Morgan fingerprint density at radius 3 is 1.91 bits per heavy atom. The first-order valence-electron chi connectivity index (χ1n) is 12.0. The molecule has 1 aromatic rings. The van der Waals surface area contributed by atoms with E-state index in [-0.39, 0.29) is 0 Å². The lowest BCUT2D eigenvalue weighted by Gasteiger charge is -2.28. The monoisotopic (exact) mass is 482 g/mol. The van der Waals surface area contributed by atoms with Crippen molar-refractivity contribution in [1.29, 1.82) is 0 Å². The summed E-state index contributed by atoms with van der Waals surface area (Å²) < 4.78 is 28.2. The number of carbonyl (C=O) groups is 1. The van der Waals surface area contributed by atoms with Gasteiger partial charge in [0.25, 0.3) is 0 Å². The summed E-state index contributed by atoms with van der Waals surface area (Å²) in [5, 5.41) is 9.59. The molecule has 0 aliphatic heterocycles. The minimum absolute atomic E-state index is 0.406. The van der Waals surface area contributed by atoms with Gasteiger partial charge in [0.2, 0.25) is 0 Å². The first kappa shape index (κ1) is 29.2. The van der Waals surface area contributed by atoms with Gasteiger partial charge in [-0.15, -0.1) is 0 Å². The lowest BCUT2D eigenvalue weighted by atomic mass is 10.0. The maximum atomic E-state index is 11.7. The fourth-order valence-electron chi connectivity index (χ4n) is 3.75. The molecule has 0 atom stereocenters. The molecule has 0 amide bonds. The molecule has 0 radical (unpaired) electrons. The van der Waals surface area contributed by atoms with Gasteiger partial charge in [-0.3, -0.25) is 0 Å². The second-order valence-electron chi connectivity index (χ2n) is 7.69. The van der Waals surface area contributed by atoms with Gasteiger partial charge in [-0.1, -0.05) is 31.7 Å². The molecule has 0 aliphatic rings. The number of hydrogen-bond acceptors (Lipinski definition) is 6. The van der Waals surface area contributed by atoms with E-state index in [2.05, 4.69) is 0 Å². The van der Waals surface area contributed by atoms with Gasteiger partial charge in [0.15, 0.2) is 11.5 Å². The van der Waals surface area contributed by atoms with Crippen LogP contribution in [-0.4, -0.2) is 53.9 Å². The number of carboxylic acid groups (broad SMARTS) is 1. The van der Waals surface area contributed by atoms with E-state index in [1.165, 1.54) is 0 Å². The highest BCUT2D eigenvalue weighted by Crippen LogP contribution is 2.29. The lowest BCUT2D eigenvalue weighted by molar-refractivity contribution is -0.132. The fraction of sp³-hybridized carbons (Fsp3) is 0.640. The van der Waals surface area contributed by atoms with Crippen molar-refractivity contribution in [2.24, 2.45) is 0 Å². The highest BCUT2D eigenvalue weighted by Gasteiger charge is 2.39. The van der Waals surface area contributed by atoms with Crippen LogP contribution in [0.1, 0.15) is 71.3 Å². The molecule has 0 bridgehead atoms. The van der Waals surface area contributed by atoms with Crippen LogP contribution in [0.2, 0.25) is 6.04 Å². The number of hydrogen-bond donors (Lipinski definition) is 1. The molecule has 1 aromatic carbocycles. The van der Waals surface area contributed by atoms with Crippen molar-refractivity contribution < 1.29 is 32.7 Å². The van der Waals surface area contributed by atoms with E-state index in [1.807, 2.05) is 26.8 Å². The van der Waals surface area contributed by atoms with E-state index in [4.69, 9.17) is 22.8 Å². The average molecular weight is 483 g/mol. The molecule has 0 fully saturated rings. The van der Waals surface area contributed by atoms with Crippen molar-refractivity contribution in [3.8, 4) is 11.5 Å². The number of carboxylic acids is 1. The molecule has 0 unspecified atom stereocenters. The minimum atomic E-state index is -2.54. The van der Waals surface area contributed by atoms with Crippen molar-refractivity contribution in [2.45, 2.75) is 71.8 Å². The van der Waals surface area contributed by atoms with Crippen LogP contribution in [-0.2, 0) is 18.1 Å². The largest absolute Gasteiger partial charge is 0.500 e. The fourth-order valence-corrected chi connectivity index (χ4v) is 6.44. The van der Waals surface area contributed by atoms with Gasteiger partial charge >= 0.3 is 14.8 Å². The molecule has 0 heterocycles. The van der Waals surface area contributed by atoms with E-state index in [0.29, 0.717) is 43.3 Å². The smallest absolute Gasteiger partial charge is 0.493 e. The summed E-state index contributed by atoms with van der Waals surface area (Å²) in [7, 11) is 0.602. The van der Waals surface area contributed by atoms with E-state index >= 15 is 0 Å². The predicted octanol–water partition coefficient (Wildman–Crippen LogP) is 5.95. The summed E-state index contributed by atoms with van der Waals surface area (Å²) in [6, 6.07) is 6.25. The Bertz CT molecular complexity index is 704. The van der Waals surface area contributed by atoms with Crippen LogP contribution >= 0.6 is 0 Å². The number of ether oxygens (including phenoxy) is 2. The van der Waals surface area contributed by atoms with E-state index in [1.54, 1.807) is 32.4 Å². The molecule has 0 aliphatic carbocycles. The third-order valence-corrected chi connectivity index (χ3v) is 8.45. The second kappa shape index (κ2) is 16.7. The minimum Gasteiger partial charge on any atom is -0.493 e. The number of rotatable bonds is 19. The van der Waals surface area contributed by atoms with Crippen LogP contribution in [0.3, 0.4) is 0 Å². The highest BCUT2D eigenvalue weighted by molar-refractivity contribution is 6.60. The quantitative estimate of drug-likeness (QED) is 0.148. The topological polar surface area (TPSA) is 83.5 Å². The van der Waals surface area contributed by atoms with Crippen molar-refractivity contribution in [1.82, 2.24) is 0 Å². The SMILES string of the molecule is CCO[Si](CCCCCCCC/C(=C\c1ccc(OC)c(OC)c1)C(=O)O)(OCC)OCC. The summed E-state index contributed by atoms with van der Waals surface area (Å²) in [5.41, 5.74) is 1.19. The van der Waals surface area contributed by atoms with Crippen LogP contribution in [0.4, 0.5) is 0 Å². The van der Waals surface area contributed by atoms with Crippen molar-refractivity contribution >= 4 is 20.8 Å². The zero-order valence-electron chi connectivity index (χ0n) is 21.0. The molecule has 8 heteroatoms. The van der Waals surface area contributed by atoms with Crippen LogP contribution in [0.25, 0.3) is 6.08 Å². The molecule has 1 rings (SSSR count). The summed E-state index contributed by atoms with van der Waals surface area (Å²) in [4.78, 5) is 11.7. The van der Waals surface area contributed by atoms with Crippen LogP contribution in [0.15, 0.2) is 23.8 Å². The van der Waals surface area contributed by atoms with Gasteiger partial charge in [0.05, 0.1) is 14.2 Å². The summed E-state index contributed by atoms with van der Waals surface area (Å²) >= 11 is 0. The van der Waals surface area contributed by atoms with Gasteiger partial charge in [-0.2, -0.15) is 0 Å². The Hall–Kier alpha value is -1.87. The van der Waals surface area contributed by atoms with E-state index < -0.39 is 14.8 Å². The van der Waals surface area contributed by atoms with Crippen molar-refractivity contribution in [3.63, 3.8) is 0 Å². The maximum absolute atomic E-state index is 11.7. The molecular formula is C25H42O7Si. The van der Waals surface area contributed by atoms with E-state index in [9.17, 15) is 9.90 Å². The molecule has 33 heavy (non-hydrogen) atoms. The Morgan fingerprint density at radius 1 is 0.848 bits per heavy atom. The molecule has 0 saturated carbocycles.